The van der Waals surface area contributed by atoms with Crippen molar-refractivity contribution >= 4 is 15.9 Å². The molecule has 0 heterocycles. The maximum absolute atomic E-state index is 5.36. The summed E-state index contributed by atoms with van der Waals surface area (Å²) in [6, 6.07) is 0. The summed E-state index contributed by atoms with van der Waals surface area (Å²) in [5, 5.41) is 0. The van der Waals surface area contributed by atoms with Crippen LogP contribution in [0.3, 0.4) is 0 Å². The van der Waals surface area contributed by atoms with Gasteiger partial charge in [-0.3, -0.25) is 0 Å². The fraction of sp³-hybridized carbons (Fsp3) is 0.143. The molecule has 0 saturated heterocycles. The maximum atomic E-state index is 5.36. The van der Waals surface area contributed by atoms with Crippen LogP contribution in [-0.2, 0) is 0 Å². The molecular formula is C7H10BrN. The molecule has 0 amide bonds. The Morgan fingerprint density at radius 1 is 1.56 bits per heavy atom. The summed E-state index contributed by atoms with van der Waals surface area (Å²) in [6.07, 6.45) is 1.82. The predicted molar refractivity (Wildman–Crippen MR) is 45.2 cm³/mol. The molecule has 2 N–H and O–H groups in total. The van der Waals surface area contributed by atoms with Gasteiger partial charge >= 0.3 is 0 Å². The van der Waals surface area contributed by atoms with E-state index in [0.29, 0.717) is 5.70 Å². The first-order chi connectivity index (χ1) is 4.04. The monoisotopic (exact) mass is 187 g/mol. The van der Waals surface area contributed by atoms with Crippen molar-refractivity contribution in [1.29, 1.82) is 0 Å². The fourth-order valence-electron chi connectivity index (χ4n) is 0.328. The molecule has 2 heteroatoms. The first-order valence-corrected chi connectivity index (χ1v) is 3.31. The summed E-state index contributed by atoms with van der Waals surface area (Å²) < 4.78 is 0.812. The topological polar surface area (TPSA) is 26.0 Å². The Bertz CT molecular complexity index is 168. The Morgan fingerprint density at radius 2 is 2.00 bits per heavy atom. The highest BCUT2D eigenvalue weighted by atomic mass is 79.9. The molecule has 1 nitrogen and oxygen atoms in total. The maximum Gasteiger partial charge on any atom is 0.0271 e. The molecule has 0 fully saturated rings. The zero-order valence-corrected chi connectivity index (χ0v) is 7.03. The molecule has 0 aliphatic carbocycles. The molecule has 0 aliphatic rings. The lowest BCUT2D eigenvalue weighted by molar-refractivity contribution is 1.31. The third kappa shape index (κ3) is 4.03. The highest BCUT2D eigenvalue weighted by Gasteiger charge is 1.88. The van der Waals surface area contributed by atoms with E-state index >= 15 is 0 Å². The number of nitrogens with two attached hydrogens (primary N) is 1. The van der Waals surface area contributed by atoms with Crippen LogP contribution in [0.4, 0.5) is 0 Å². The van der Waals surface area contributed by atoms with Crippen molar-refractivity contribution in [2.24, 2.45) is 5.73 Å². The van der Waals surface area contributed by atoms with Gasteiger partial charge in [-0.15, -0.1) is 0 Å². The van der Waals surface area contributed by atoms with Crippen molar-refractivity contribution in [2.75, 3.05) is 0 Å². The van der Waals surface area contributed by atoms with Crippen LogP contribution in [0.25, 0.3) is 0 Å². The number of hydrogen-bond donors (Lipinski definition) is 1. The molecule has 0 saturated carbocycles. The average Bonchev–Trinajstić information content (AvgIpc) is 1.63. The van der Waals surface area contributed by atoms with Gasteiger partial charge in [0.25, 0.3) is 0 Å². The standard InChI is InChI=1S/C7H10BrN/c1-5(7(3)9)4-6(2)8/h4H,2-3,9H2,1H3/b5-4-. The van der Waals surface area contributed by atoms with Crippen molar-refractivity contribution in [3.8, 4) is 0 Å². The second-order valence-corrected chi connectivity index (χ2v) is 2.82. The van der Waals surface area contributed by atoms with Crippen LogP contribution in [0.5, 0.6) is 0 Å². The van der Waals surface area contributed by atoms with E-state index in [0.717, 1.165) is 10.1 Å². The van der Waals surface area contributed by atoms with Crippen molar-refractivity contribution in [1.82, 2.24) is 0 Å². The normalized spacial score (nSPS) is 11.1. The third-order valence-electron chi connectivity index (χ3n) is 0.880. The van der Waals surface area contributed by atoms with Gasteiger partial charge in [0.1, 0.15) is 0 Å². The molecule has 0 rings (SSSR count). The molecule has 0 aliphatic heterocycles. The van der Waals surface area contributed by atoms with Crippen LogP contribution in [0.1, 0.15) is 6.92 Å². The van der Waals surface area contributed by atoms with Crippen LogP contribution in [-0.4, -0.2) is 0 Å². The highest BCUT2D eigenvalue weighted by Crippen LogP contribution is 2.08. The van der Waals surface area contributed by atoms with E-state index in [4.69, 9.17) is 5.73 Å². The zero-order chi connectivity index (χ0) is 7.44. The second kappa shape index (κ2) is 3.51. The SMILES string of the molecule is C=C(Br)/C=C(/C)C(=C)N. The van der Waals surface area contributed by atoms with E-state index in [1.807, 2.05) is 13.0 Å². The Kier molecular flexibility index (Phi) is 3.32. The van der Waals surface area contributed by atoms with Crippen molar-refractivity contribution < 1.29 is 0 Å². The lowest BCUT2D eigenvalue weighted by Gasteiger charge is -1.95. The quantitative estimate of drug-likeness (QED) is 0.661. The van der Waals surface area contributed by atoms with Gasteiger partial charge in [-0.25, -0.2) is 0 Å². The van der Waals surface area contributed by atoms with Gasteiger partial charge < -0.3 is 5.73 Å². The number of allylic oxidation sites excluding steroid dienone is 3. The summed E-state index contributed by atoms with van der Waals surface area (Å²) in [5.74, 6) is 0. The highest BCUT2D eigenvalue weighted by molar-refractivity contribution is 9.11. The molecule has 0 aromatic carbocycles. The molecular weight excluding hydrogens is 178 g/mol. The van der Waals surface area contributed by atoms with Crippen LogP contribution >= 0.6 is 15.9 Å². The van der Waals surface area contributed by atoms with Gasteiger partial charge in [-0.1, -0.05) is 29.1 Å². The smallest absolute Gasteiger partial charge is 0.0271 e. The zero-order valence-electron chi connectivity index (χ0n) is 5.45. The van der Waals surface area contributed by atoms with Gasteiger partial charge in [-0.05, 0) is 18.6 Å². The summed E-state index contributed by atoms with van der Waals surface area (Å²) in [7, 11) is 0. The number of hydrogen-bond acceptors (Lipinski definition) is 1. The van der Waals surface area contributed by atoms with Crippen molar-refractivity contribution in [3.63, 3.8) is 0 Å². The van der Waals surface area contributed by atoms with E-state index in [1.54, 1.807) is 0 Å². The Morgan fingerprint density at radius 3 is 2.11 bits per heavy atom. The number of rotatable bonds is 2. The Labute approximate surface area is 64.1 Å². The Balaban J connectivity index is 4.17. The molecule has 0 aromatic rings. The number of halogens is 1. The van der Waals surface area contributed by atoms with Gasteiger partial charge in [0.05, 0.1) is 0 Å². The first kappa shape index (κ1) is 8.50. The van der Waals surface area contributed by atoms with E-state index < -0.39 is 0 Å². The summed E-state index contributed by atoms with van der Waals surface area (Å²) in [5.41, 5.74) is 6.88. The van der Waals surface area contributed by atoms with E-state index in [2.05, 4.69) is 29.1 Å². The van der Waals surface area contributed by atoms with Gasteiger partial charge in [0.2, 0.25) is 0 Å². The molecule has 0 aromatic heterocycles. The Hall–Kier alpha value is -0.500. The molecule has 9 heavy (non-hydrogen) atoms. The largest absolute Gasteiger partial charge is 0.399 e. The van der Waals surface area contributed by atoms with Crippen LogP contribution in [0, 0.1) is 0 Å². The van der Waals surface area contributed by atoms with Gasteiger partial charge in [0.15, 0.2) is 0 Å². The minimum Gasteiger partial charge on any atom is -0.399 e. The van der Waals surface area contributed by atoms with E-state index in [9.17, 15) is 0 Å². The lowest BCUT2D eigenvalue weighted by Crippen LogP contribution is -1.95. The van der Waals surface area contributed by atoms with E-state index in [-0.39, 0.29) is 0 Å². The van der Waals surface area contributed by atoms with Crippen molar-refractivity contribution in [3.05, 3.63) is 35.0 Å². The summed E-state index contributed by atoms with van der Waals surface area (Å²) in [4.78, 5) is 0. The van der Waals surface area contributed by atoms with Crippen molar-refractivity contribution in [2.45, 2.75) is 6.92 Å². The van der Waals surface area contributed by atoms with Gasteiger partial charge in [-0.2, -0.15) is 0 Å². The molecule has 0 bridgehead atoms. The minimum absolute atomic E-state index is 0.579. The fourth-order valence-corrected chi connectivity index (χ4v) is 0.671. The summed E-state index contributed by atoms with van der Waals surface area (Å²) in [6.45, 7) is 9.06. The predicted octanol–water partition coefficient (Wildman–Crippen LogP) is 2.31. The second-order valence-electron chi connectivity index (χ2n) is 1.80. The van der Waals surface area contributed by atoms with Crippen LogP contribution in [0.15, 0.2) is 35.0 Å². The minimum atomic E-state index is 0.579. The van der Waals surface area contributed by atoms with E-state index in [1.165, 1.54) is 0 Å². The lowest BCUT2D eigenvalue weighted by atomic mass is 10.2. The third-order valence-corrected chi connectivity index (χ3v) is 1.11. The average molecular weight is 188 g/mol. The molecule has 0 spiro atoms. The first-order valence-electron chi connectivity index (χ1n) is 2.51. The van der Waals surface area contributed by atoms with Gasteiger partial charge in [0, 0.05) is 10.2 Å². The van der Waals surface area contributed by atoms with Crippen LogP contribution in [0.2, 0.25) is 0 Å². The van der Waals surface area contributed by atoms with Crippen LogP contribution < -0.4 is 5.73 Å². The molecule has 0 atom stereocenters. The molecule has 0 unspecified atom stereocenters. The molecule has 0 radical (unpaired) electrons. The summed E-state index contributed by atoms with van der Waals surface area (Å²) >= 11 is 3.18. The molecule has 50 valence electrons.